The summed E-state index contributed by atoms with van der Waals surface area (Å²) in [6.07, 6.45) is 0.176. The van der Waals surface area contributed by atoms with Gasteiger partial charge >= 0.3 is 5.97 Å². The van der Waals surface area contributed by atoms with Crippen LogP contribution in [0.25, 0.3) is 0 Å². The Hall–Kier alpha value is -3.94. The molecule has 1 atom stereocenters. The van der Waals surface area contributed by atoms with E-state index in [1.54, 1.807) is 24.3 Å². The minimum absolute atomic E-state index is 0.176. The molecule has 0 aliphatic rings. The quantitative estimate of drug-likeness (QED) is 0.202. The van der Waals surface area contributed by atoms with Gasteiger partial charge in [-0.05, 0) is 47.0 Å². The van der Waals surface area contributed by atoms with Crippen molar-refractivity contribution >= 4 is 27.8 Å². The number of ether oxygens (including phenoxy) is 1. The molecule has 1 amide bonds. The second-order valence-corrected chi connectivity index (χ2v) is 10.2. The maximum Gasteiger partial charge on any atom is 0.326 e. The lowest BCUT2D eigenvalue weighted by Crippen LogP contribution is -2.42. The largest absolute Gasteiger partial charge is 0.492 e. The molecule has 4 aromatic rings. The third kappa shape index (κ3) is 9.09. The van der Waals surface area contributed by atoms with Gasteiger partial charge in [0.15, 0.2) is 0 Å². The summed E-state index contributed by atoms with van der Waals surface area (Å²) < 4.78 is 6.87. The molecule has 4 rings (SSSR count). The van der Waals surface area contributed by atoms with Crippen molar-refractivity contribution in [2.45, 2.75) is 25.6 Å². The maximum absolute atomic E-state index is 12.9. The molecule has 4 aromatic carbocycles. The van der Waals surface area contributed by atoms with Crippen LogP contribution in [0.5, 0.6) is 5.75 Å². The lowest BCUT2D eigenvalue weighted by atomic mass is 10.1. The van der Waals surface area contributed by atoms with Crippen molar-refractivity contribution in [1.82, 2.24) is 10.2 Å². The van der Waals surface area contributed by atoms with E-state index in [0.717, 1.165) is 23.1 Å². The van der Waals surface area contributed by atoms with Gasteiger partial charge in [-0.25, -0.2) is 4.79 Å². The third-order valence-electron chi connectivity index (χ3n) is 6.20. The van der Waals surface area contributed by atoms with Gasteiger partial charge in [-0.15, -0.1) is 0 Å². The summed E-state index contributed by atoms with van der Waals surface area (Å²) >= 11 is 3.40. The summed E-state index contributed by atoms with van der Waals surface area (Å²) in [6.45, 7) is 2.70. The average molecular weight is 588 g/mol. The van der Waals surface area contributed by atoms with E-state index in [0.29, 0.717) is 24.5 Å². The Labute approximate surface area is 237 Å². The summed E-state index contributed by atoms with van der Waals surface area (Å²) in [4.78, 5) is 27.1. The summed E-state index contributed by atoms with van der Waals surface area (Å²) in [5.41, 5.74) is 3.61. The van der Waals surface area contributed by atoms with Gasteiger partial charge in [-0.3, -0.25) is 9.69 Å². The Morgan fingerprint density at radius 3 is 2.03 bits per heavy atom. The zero-order valence-electron chi connectivity index (χ0n) is 21.5. The lowest BCUT2D eigenvalue weighted by molar-refractivity contribution is -0.139. The van der Waals surface area contributed by atoms with Gasteiger partial charge in [-0.2, -0.15) is 0 Å². The molecule has 1 unspecified atom stereocenters. The van der Waals surface area contributed by atoms with E-state index in [-0.39, 0.29) is 6.42 Å². The van der Waals surface area contributed by atoms with Crippen molar-refractivity contribution < 1.29 is 19.4 Å². The molecule has 0 saturated heterocycles. The van der Waals surface area contributed by atoms with Crippen LogP contribution < -0.4 is 10.1 Å². The average Bonchev–Trinajstić information content (AvgIpc) is 2.94. The molecule has 0 radical (unpaired) electrons. The summed E-state index contributed by atoms with van der Waals surface area (Å²) in [6, 6.07) is 33.8. The third-order valence-corrected chi connectivity index (χ3v) is 6.70. The Bertz CT molecular complexity index is 1320. The first kappa shape index (κ1) is 28.1. The molecule has 0 saturated carbocycles. The number of nitrogens with zero attached hydrogens (tertiary/aromatic N) is 1. The van der Waals surface area contributed by atoms with Gasteiger partial charge in [0.2, 0.25) is 0 Å². The molecule has 0 spiro atoms. The Balaban J connectivity index is 1.36. The van der Waals surface area contributed by atoms with Gasteiger partial charge in [0.25, 0.3) is 5.91 Å². The van der Waals surface area contributed by atoms with E-state index in [9.17, 15) is 14.7 Å². The second kappa shape index (κ2) is 14.3. The smallest absolute Gasteiger partial charge is 0.326 e. The van der Waals surface area contributed by atoms with Crippen LogP contribution in [0.2, 0.25) is 0 Å². The summed E-state index contributed by atoms with van der Waals surface area (Å²) in [5.74, 6) is -0.994. The molecule has 200 valence electrons. The van der Waals surface area contributed by atoms with Gasteiger partial charge < -0.3 is 15.2 Å². The first-order valence-corrected chi connectivity index (χ1v) is 13.6. The molecule has 7 heteroatoms. The number of carbonyl (C=O) groups is 2. The number of aliphatic carboxylic acids is 1. The number of amides is 1. The van der Waals surface area contributed by atoms with Crippen LogP contribution in [-0.2, 0) is 24.3 Å². The molecule has 39 heavy (non-hydrogen) atoms. The number of halogens is 1. The molecule has 0 aliphatic heterocycles. The van der Waals surface area contributed by atoms with Gasteiger partial charge in [0, 0.05) is 36.1 Å². The van der Waals surface area contributed by atoms with Gasteiger partial charge in [-0.1, -0.05) is 94.8 Å². The highest BCUT2D eigenvalue weighted by Gasteiger charge is 2.21. The normalized spacial score (nSPS) is 11.6. The first-order chi connectivity index (χ1) is 19.0. The van der Waals surface area contributed by atoms with Crippen LogP contribution in [0.15, 0.2) is 114 Å². The predicted octanol–water partition coefficient (Wildman–Crippen LogP) is 5.96. The number of carbonyl (C=O) groups excluding carboxylic acids is 1. The van der Waals surface area contributed by atoms with Crippen LogP contribution in [-0.4, -0.2) is 41.1 Å². The second-order valence-electron chi connectivity index (χ2n) is 9.26. The van der Waals surface area contributed by atoms with E-state index in [1.165, 1.54) is 11.1 Å². The number of rotatable bonds is 13. The molecule has 0 aromatic heterocycles. The van der Waals surface area contributed by atoms with Crippen LogP contribution in [0.1, 0.15) is 27.0 Å². The number of hydrogen-bond acceptors (Lipinski definition) is 4. The van der Waals surface area contributed by atoms with Crippen molar-refractivity contribution in [3.8, 4) is 5.75 Å². The molecule has 0 bridgehead atoms. The molecule has 0 fully saturated rings. The van der Waals surface area contributed by atoms with Crippen molar-refractivity contribution in [3.63, 3.8) is 0 Å². The zero-order valence-corrected chi connectivity index (χ0v) is 23.1. The zero-order chi connectivity index (χ0) is 27.5. The van der Waals surface area contributed by atoms with E-state index < -0.39 is 17.9 Å². The highest BCUT2D eigenvalue weighted by Crippen LogP contribution is 2.16. The number of benzene rings is 4. The Kier molecular flexibility index (Phi) is 10.3. The first-order valence-electron chi connectivity index (χ1n) is 12.8. The molecule has 6 nitrogen and oxygen atoms in total. The summed E-state index contributed by atoms with van der Waals surface area (Å²) in [5, 5.41) is 12.3. The fraction of sp³-hybridized carbons (Fsp3) is 0.188. The Morgan fingerprint density at radius 1 is 0.795 bits per heavy atom. The molecular formula is C32H31BrN2O4. The number of carboxylic acid groups (broad SMARTS) is 1. The van der Waals surface area contributed by atoms with Crippen molar-refractivity contribution in [3.05, 3.63) is 136 Å². The predicted molar refractivity (Wildman–Crippen MR) is 156 cm³/mol. The molecule has 0 heterocycles. The van der Waals surface area contributed by atoms with Crippen LogP contribution in [0.4, 0.5) is 0 Å². The van der Waals surface area contributed by atoms with E-state index in [2.05, 4.69) is 50.4 Å². The fourth-order valence-corrected chi connectivity index (χ4v) is 4.70. The Morgan fingerprint density at radius 2 is 1.41 bits per heavy atom. The van der Waals surface area contributed by atoms with Gasteiger partial charge in [0.05, 0.1) is 0 Å². The highest BCUT2D eigenvalue weighted by molar-refractivity contribution is 9.10. The standard InChI is InChI=1S/C32H31BrN2O4/c33-28-15-7-13-26(19-28)20-30(32(37)38)34-31(36)27-14-8-16-29(21-27)39-18-17-35(22-24-9-3-1-4-10-24)23-25-11-5-2-6-12-25/h1-16,19,21,30H,17-18,20,22-23H2,(H,34,36)(H,37,38). The SMILES string of the molecule is O=C(NC(Cc1cccc(Br)c1)C(=O)O)c1cccc(OCCN(Cc2ccccc2)Cc2ccccc2)c1. The molecule has 0 aliphatic carbocycles. The van der Waals surface area contributed by atoms with E-state index in [1.807, 2.05) is 60.7 Å². The lowest BCUT2D eigenvalue weighted by Gasteiger charge is -2.23. The molecular weight excluding hydrogens is 556 g/mol. The number of hydrogen-bond donors (Lipinski definition) is 2. The minimum Gasteiger partial charge on any atom is -0.492 e. The van der Waals surface area contributed by atoms with E-state index in [4.69, 9.17) is 4.74 Å². The van der Waals surface area contributed by atoms with Gasteiger partial charge in [0.1, 0.15) is 18.4 Å². The molecule has 2 N–H and O–H groups in total. The monoisotopic (exact) mass is 586 g/mol. The fourth-order valence-electron chi connectivity index (χ4n) is 4.26. The number of carboxylic acids is 1. The minimum atomic E-state index is -1.09. The van der Waals surface area contributed by atoms with Crippen LogP contribution in [0.3, 0.4) is 0 Å². The maximum atomic E-state index is 12.9. The van der Waals surface area contributed by atoms with E-state index >= 15 is 0 Å². The number of nitrogens with one attached hydrogen (secondary N) is 1. The van der Waals surface area contributed by atoms with Crippen molar-refractivity contribution in [2.24, 2.45) is 0 Å². The highest BCUT2D eigenvalue weighted by atomic mass is 79.9. The van der Waals surface area contributed by atoms with Crippen LogP contribution in [0, 0.1) is 0 Å². The summed E-state index contributed by atoms with van der Waals surface area (Å²) in [7, 11) is 0. The van der Waals surface area contributed by atoms with Crippen molar-refractivity contribution in [1.29, 1.82) is 0 Å². The van der Waals surface area contributed by atoms with Crippen LogP contribution >= 0.6 is 15.9 Å². The van der Waals surface area contributed by atoms with Crippen molar-refractivity contribution in [2.75, 3.05) is 13.2 Å². The topological polar surface area (TPSA) is 78.9 Å².